The zero-order valence-electron chi connectivity index (χ0n) is 9.83. The van der Waals surface area contributed by atoms with Crippen LogP contribution in [-0.4, -0.2) is 30.4 Å². The van der Waals surface area contributed by atoms with Gasteiger partial charge in [-0.05, 0) is 31.5 Å². The lowest BCUT2D eigenvalue weighted by atomic mass is 10.1. The molecule has 16 heavy (non-hydrogen) atoms. The molecule has 1 atom stereocenters. The average Bonchev–Trinajstić information content (AvgIpc) is 2.29. The molecular weight excluding hydrogens is 268 g/mol. The molecule has 0 spiro atoms. The first-order valence-electron chi connectivity index (χ1n) is 5.20. The van der Waals surface area contributed by atoms with Gasteiger partial charge in [0.25, 0.3) is 5.91 Å². The largest absolute Gasteiger partial charge is 0.338 e. The molecule has 0 aliphatic rings. The summed E-state index contributed by atoms with van der Waals surface area (Å²) in [4.78, 5) is 13.7. The molecule has 1 rings (SSSR count). The Morgan fingerprint density at radius 2 is 2.19 bits per heavy atom. The first-order chi connectivity index (χ1) is 7.47. The Morgan fingerprint density at radius 3 is 2.69 bits per heavy atom. The van der Waals surface area contributed by atoms with E-state index in [1.54, 1.807) is 11.9 Å². The summed E-state index contributed by atoms with van der Waals surface area (Å²) in [6, 6.07) is 5.66. The summed E-state index contributed by atoms with van der Waals surface area (Å²) in [6.07, 6.45) is 0. The minimum absolute atomic E-state index is 0.00125. The molecule has 4 heteroatoms. The summed E-state index contributed by atoms with van der Waals surface area (Å²) in [5.41, 5.74) is 7.34. The van der Waals surface area contributed by atoms with Crippen molar-refractivity contribution in [3.8, 4) is 0 Å². The number of hydrogen-bond donors (Lipinski definition) is 1. The number of halogens is 1. The molecule has 0 saturated heterocycles. The van der Waals surface area contributed by atoms with Gasteiger partial charge in [0.1, 0.15) is 0 Å². The fraction of sp³-hybridized carbons (Fsp3) is 0.417. The summed E-state index contributed by atoms with van der Waals surface area (Å²) in [5, 5.41) is 0. The second kappa shape index (κ2) is 5.46. The van der Waals surface area contributed by atoms with Gasteiger partial charge in [0.05, 0.1) is 0 Å². The summed E-state index contributed by atoms with van der Waals surface area (Å²) in [6.45, 7) is 4.39. The molecule has 0 aliphatic carbocycles. The van der Waals surface area contributed by atoms with E-state index in [9.17, 15) is 4.79 Å². The number of amides is 1. The van der Waals surface area contributed by atoms with Gasteiger partial charge >= 0.3 is 0 Å². The van der Waals surface area contributed by atoms with Crippen molar-refractivity contribution in [2.24, 2.45) is 5.73 Å². The third kappa shape index (κ3) is 2.83. The van der Waals surface area contributed by atoms with Crippen LogP contribution in [0.25, 0.3) is 0 Å². The van der Waals surface area contributed by atoms with Gasteiger partial charge in [-0.2, -0.15) is 0 Å². The van der Waals surface area contributed by atoms with Crippen LogP contribution in [0.4, 0.5) is 0 Å². The number of hydrogen-bond acceptors (Lipinski definition) is 2. The van der Waals surface area contributed by atoms with Crippen LogP contribution in [0.3, 0.4) is 0 Å². The number of benzene rings is 1. The second-order valence-electron chi connectivity index (χ2n) is 3.96. The maximum Gasteiger partial charge on any atom is 0.253 e. The monoisotopic (exact) mass is 284 g/mol. The molecule has 0 aromatic heterocycles. The van der Waals surface area contributed by atoms with Gasteiger partial charge in [-0.3, -0.25) is 4.79 Å². The van der Waals surface area contributed by atoms with Crippen LogP contribution in [0.1, 0.15) is 22.8 Å². The Bertz CT molecular complexity index is 393. The van der Waals surface area contributed by atoms with Crippen LogP contribution in [-0.2, 0) is 0 Å². The van der Waals surface area contributed by atoms with E-state index in [1.165, 1.54) is 0 Å². The molecule has 3 nitrogen and oxygen atoms in total. The average molecular weight is 285 g/mol. The summed E-state index contributed by atoms with van der Waals surface area (Å²) < 4.78 is 0.951. The lowest BCUT2D eigenvalue weighted by Gasteiger charge is -2.23. The highest BCUT2D eigenvalue weighted by molar-refractivity contribution is 9.10. The van der Waals surface area contributed by atoms with Gasteiger partial charge in [-0.25, -0.2) is 0 Å². The van der Waals surface area contributed by atoms with Gasteiger partial charge < -0.3 is 10.6 Å². The molecule has 1 unspecified atom stereocenters. The van der Waals surface area contributed by atoms with E-state index >= 15 is 0 Å². The van der Waals surface area contributed by atoms with E-state index in [0.717, 1.165) is 10.0 Å². The second-order valence-corrected chi connectivity index (χ2v) is 4.82. The molecule has 1 amide bonds. The minimum Gasteiger partial charge on any atom is -0.338 e. The Morgan fingerprint density at radius 1 is 1.56 bits per heavy atom. The Hall–Kier alpha value is -0.870. The quantitative estimate of drug-likeness (QED) is 0.925. The third-order valence-electron chi connectivity index (χ3n) is 2.74. The van der Waals surface area contributed by atoms with E-state index < -0.39 is 0 Å². The standard InChI is InChI=1S/C12H17BrN2O/c1-8-4-5-10(6-11(8)13)12(16)15(3)9(2)7-14/h4-6,9H,7,14H2,1-3H3. The van der Waals surface area contributed by atoms with Crippen molar-refractivity contribution in [3.63, 3.8) is 0 Å². The highest BCUT2D eigenvalue weighted by Crippen LogP contribution is 2.18. The van der Waals surface area contributed by atoms with Gasteiger partial charge in [-0.15, -0.1) is 0 Å². The van der Waals surface area contributed by atoms with Crippen molar-refractivity contribution in [1.29, 1.82) is 0 Å². The van der Waals surface area contributed by atoms with Crippen LogP contribution in [0.15, 0.2) is 22.7 Å². The Labute approximate surface area is 105 Å². The van der Waals surface area contributed by atoms with Crippen molar-refractivity contribution >= 4 is 21.8 Å². The maximum absolute atomic E-state index is 12.1. The molecular formula is C12H17BrN2O. The summed E-state index contributed by atoms with van der Waals surface area (Å²) >= 11 is 3.42. The van der Waals surface area contributed by atoms with E-state index in [0.29, 0.717) is 12.1 Å². The van der Waals surface area contributed by atoms with Gasteiger partial charge in [-0.1, -0.05) is 22.0 Å². The highest BCUT2D eigenvalue weighted by atomic mass is 79.9. The topological polar surface area (TPSA) is 46.3 Å². The van der Waals surface area contributed by atoms with E-state index in [2.05, 4.69) is 15.9 Å². The van der Waals surface area contributed by atoms with E-state index in [4.69, 9.17) is 5.73 Å². The third-order valence-corrected chi connectivity index (χ3v) is 3.60. The first kappa shape index (κ1) is 13.2. The zero-order chi connectivity index (χ0) is 12.3. The molecule has 0 heterocycles. The normalized spacial score (nSPS) is 12.3. The summed E-state index contributed by atoms with van der Waals surface area (Å²) in [7, 11) is 1.77. The molecule has 0 radical (unpaired) electrons. The smallest absolute Gasteiger partial charge is 0.253 e. The van der Waals surface area contributed by atoms with E-state index in [1.807, 2.05) is 32.0 Å². The first-order valence-corrected chi connectivity index (χ1v) is 6.00. The number of carbonyl (C=O) groups is 1. The van der Waals surface area contributed by atoms with Gasteiger partial charge in [0.2, 0.25) is 0 Å². The van der Waals surface area contributed by atoms with Crippen molar-refractivity contribution < 1.29 is 4.79 Å². The molecule has 0 aliphatic heterocycles. The molecule has 0 saturated carbocycles. The van der Waals surface area contributed by atoms with Gasteiger partial charge in [0.15, 0.2) is 0 Å². The Kier molecular flexibility index (Phi) is 4.50. The van der Waals surface area contributed by atoms with Crippen molar-refractivity contribution in [3.05, 3.63) is 33.8 Å². The zero-order valence-corrected chi connectivity index (χ0v) is 11.4. The number of rotatable bonds is 3. The SMILES string of the molecule is Cc1ccc(C(=O)N(C)C(C)CN)cc1Br. The van der Waals surface area contributed by atoms with Crippen LogP contribution in [0.5, 0.6) is 0 Å². The van der Waals surface area contributed by atoms with Crippen LogP contribution >= 0.6 is 15.9 Å². The highest BCUT2D eigenvalue weighted by Gasteiger charge is 2.16. The number of aryl methyl sites for hydroxylation is 1. The molecule has 1 aromatic carbocycles. The van der Waals surface area contributed by atoms with Crippen molar-refractivity contribution in [1.82, 2.24) is 4.90 Å². The molecule has 0 bridgehead atoms. The number of likely N-dealkylation sites (N-methyl/N-ethyl adjacent to an activating group) is 1. The lowest BCUT2D eigenvalue weighted by molar-refractivity contribution is 0.0748. The maximum atomic E-state index is 12.1. The fourth-order valence-electron chi connectivity index (χ4n) is 1.29. The molecule has 1 aromatic rings. The fourth-order valence-corrected chi connectivity index (χ4v) is 1.67. The minimum atomic E-state index is -0.00125. The predicted octanol–water partition coefficient (Wildman–Crippen LogP) is 2.18. The Balaban J connectivity index is 2.92. The predicted molar refractivity (Wildman–Crippen MR) is 69.5 cm³/mol. The number of carbonyl (C=O) groups excluding carboxylic acids is 1. The van der Waals surface area contributed by atoms with Crippen molar-refractivity contribution in [2.45, 2.75) is 19.9 Å². The van der Waals surface area contributed by atoms with Gasteiger partial charge in [0, 0.05) is 29.7 Å². The molecule has 88 valence electrons. The van der Waals surface area contributed by atoms with Crippen LogP contribution in [0, 0.1) is 6.92 Å². The van der Waals surface area contributed by atoms with Crippen molar-refractivity contribution in [2.75, 3.05) is 13.6 Å². The van der Waals surface area contributed by atoms with Crippen LogP contribution in [0.2, 0.25) is 0 Å². The van der Waals surface area contributed by atoms with E-state index in [-0.39, 0.29) is 11.9 Å². The number of nitrogens with zero attached hydrogens (tertiary/aromatic N) is 1. The lowest BCUT2D eigenvalue weighted by Crippen LogP contribution is -2.39. The summed E-state index contributed by atoms with van der Waals surface area (Å²) in [5.74, 6) is -0.00125. The molecule has 0 fully saturated rings. The number of nitrogens with two attached hydrogens (primary N) is 1. The molecule has 2 N–H and O–H groups in total. The van der Waals surface area contributed by atoms with Crippen LogP contribution < -0.4 is 5.73 Å².